The van der Waals surface area contributed by atoms with Crippen LogP contribution in [0.25, 0.3) is 0 Å². The van der Waals surface area contributed by atoms with Crippen molar-refractivity contribution in [3.8, 4) is 0 Å². The van der Waals surface area contributed by atoms with E-state index < -0.39 is 12.1 Å². The van der Waals surface area contributed by atoms with E-state index in [1.54, 1.807) is 17.0 Å². The first-order valence-electron chi connectivity index (χ1n) is 8.67. The molecular weight excluding hydrogens is 368 g/mol. The van der Waals surface area contributed by atoms with Crippen LogP contribution in [0.4, 0.5) is 4.79 Å². The molecule has 1 aliphatic heterocycles. The summed E-state index contributed by atoms with van der Waals surface area (Å²) in [7, 11) is 0. The van der Waals surface area contributed by atoms with Gasteiger partial charge in [-0.15, -0.1) is 0 Å². The normalized spacial score (nSPS) is 19.4. The van der Waals surface area contributed by atoms with E-state index >= 15 is 0 Å². The minimum Gasteiger partial charge on any atom is -0.445 e. The van der Waals surface area contributed by atoms with Crippen molar-refractivity contribution in [3.63, 3.8) is 0 Å². The van der Waals surface area contributed by atoms with Crippen LogP contribution in [0.1, 0.15) is 22.5 Å². The van der Waals surface area contributed by atoms with E-state index in [2.05, 4.69) is 10.3 Å². The van der Waals surface area contributed by atoms with Gasteiger partial charge in [-0.05, 0) is 24.1 Å². The first kappa shape index (κ1) is 19.1. The van der Waals surface area contributed by atoms with Crippen LogP contribution >= 0.6 is 11.6 Å². The third kappa shape index (κ3) is 4.96. The van der Waals surface area contributed by atoms with Gasteiger partial charge in [-0.2, -0.15) is 0 Å². The Kier molecular flexibility index (Phi) is 6.26. The number of carbonyl (C=O) groups is 2. The number of likely N-dealkylation sites (tertiary alicyclic amines) is 1. The van der Waals surface area contributed by atoms with Crippen molar-refractivity contribution in [2.45, 2.75) is 25.1 Å². The molecule has 3 rings (SSSR count). The van der Waals surface area contributed by atoms with Crippen LogP contribution in [0.5, 0.6) is 0 Å². The van der Waals surface area contributed by atoms with E-state index in [9.17, 15) is 9.59 Å². The fourth-order valence-corrected chi connectivity index (χ4v) is 3.13. The van der Waals surface area contributed by atoms with E-state index in [1.165, 1.54) is 6.20 Å². The molecule has 1 aliphatic rings. The number of ether oxygens (including phenoxy) is 1. The Hall–Kier alpha value is -2.64. The fraction of sp³-hybridized carbons (Fsp3) is 0.316. The maximum absolute atomic E-state index is 12.3. The van der Waals surface area contributed by atoms with Crippen LogP contribution in [-0.4, -0.2) is 47.1 Å². The zero-order valence-electron chi connectivity index (χ0n) is 14.7. The standard InChI is InChI=1S/C19H21ClN4O3/c20-14-7-4-9-22-17(14)18(25)23-16-8-10-24(11-15(16)21)19(26)27-12-13-5-2-1-3-6-13/h1-7,9,15-16H,8,10-12,21H2,(H,23,25). The van der Waals surface area contributed by atoms with Gasteiger partial charge in [0.2, 0.25) is 0 Å². The van der Waals surface area contributed by atoms with Gasteiger partial charge in [-0.25, -0.2) is 9.78 Å². The highest BCUT2D eigenvalue weighted by atomic mass is 35.5. The SMILES string of the molecule is NC1CN(C(=O)OCc2ccccc2)CCC1NC(=O)c1ncccc1Cl. The molecule has 0 saturated carbocycles. The first-order chi connectivity index (χ1) is 13.0. The molecule has 0 spiro atoms. The molecule has 2 aromatic rings. The monoisotopic (exact) mass is 388 g/mol. The molecule has 2 unspecified atom stereocenters. The van der Waals surface area contributed by atoms with E-state index in [0.717, 1.165) is 5.56 Å². The minimum atomic E-state index is -0.410. The number of pyridine rings is 1. The lowest BCUT2D eigenvalue weighted by Crippen LogP contribution is -2.59. The third-order valence-corrected chi connectivity index (χ3v) is 4.72. The van der Waals surface area contributed by atoms with Crippen LogP contribution in [0.3, 0.4) is 0 Å². The van der Waals surface area contributed by atoms with Gasteiger partial charge >= 0.3 is 6.09 Å². The highest BCUT2D eigenvalue weighted by Crippen LogP contribution is 2.15. The topological polar surface area (TPSA) is 97.5 Å². The molecule has 0 radical (unpaired) electrons. The largest absolute Gasteiger partial charge is 0.445 e. The second-order valence-electron chi connectivity index (χ2n) is 6.35. The highest BCUT2D eigenvalue weighted by molar-refractivity contribution is 6.33. The molecule has 2 heterocycles. The Morgan fingerprint density at radius 2 is 2.04 bits per heavy atom. The van der Waals surface area contributed by atoms with Crippen molar-refractivity contribution in [1.82, 2.24) is 15.2 Å². The lowest BCUT2D eigenvalue weighted by atomic mass is 10.00. The third-order valence-electron chi connectivity index (χ3n) is 4.41. The van der Waals surface area contributed by atoms with Gasteiger partial charge in [-0.3, -0.25) is 4.79 Å². The number of amides is 2. The van der Waals surface area contributed by atoms with E-state index in [4.69, 9.17) is 22.1 Å². The molecule has 1 fully saturated rings. The number of nitrogens with one attached hydrogen (secondary N) is 1. The number of hydrogen-bond donors (Lipinski definition) is 2. The van der Waals surface area contributed by atoms with Gasteiger partial charge in [0.05, 0.1) is 5.02 Å². The number of piperidine rings is 1. The van der Waals surface area contributed by atoms with Crippen LogP contribution in [0.15, 0.2) is 48.7 Å². The van der Waals surface area contributed by atoms with Crippen molar-refractivity contribution < 1.29 is 14.3 Å². The van der Waals surface area contributed by atoms with Crippen LogP contribution in [0, 0.1) is 0 Å². The van der Waals surface area contributed by atoms with Crippen molar-refractivity contribution in [2.24, 2.45) is 5.73 Å². The zero-order chi connectivity index (χ0) is 19.2. The molecule has 3 N–H and O–H groups in total. The number of aromatic nitrogens is 1. The number of nitrogens with two attached hydrogens (primary N) is 1. The Balaban J connectivity index is 1.50. The molecule has 142 valence electrons. The number of hydrogen-bond acceptors (Lipinski definition) is 5. The van der Waals surface area contributed by atoms with Crippen molar-refractivity contribution in [1.29, 1.82) is 0 Å². The van der Waals surface area contributed by atoms with Gasteiger partial charge < -0.3 is 20.7 Å². The molecule has 0 aliphatic carbocycles. The lowest BCUT2D eigenvalue weighted by molar-refractivity contribution is 0.0765. The highest BCUT2D eigenvalue weighted by Gasteiger charge is 2.31. The Morgan fingerprint density at radius 3 is 2.74 bits per heavy atom. The van der Waals surface area contributed by atoms with Crippen LogP contribution < -0.4 is 11.1 Å². The summed E-state index contributed by atoms with van der Waals surface area (Å²) in [5.74, 6) is -0.374. The molecule has 1 aromatic heterocycles. The van der Waals surface area contributed by atoms with Gasteiger partial charge in [0.1, 0.15) is 12.3 Å². The average Bonchev–Trinajstić information content (AvgIpc) is 2.68. The molecule has 1 aromatic carbocycles. The van der Waals surface area contributed by atoms with Gasteiger partial charge in [0.25, 0.3) is 5.91 Å². The molecular formula is C19H21ClN4O3. The summed E-state index contributed by atoms with van der Waals surface area (Å²) >= 11 is 6.00. The maximum Gasteiger partial charge on any atom is 0.410 e. The molecule has 7 nitrogen and oxygen atoms in total. The molecule has 0 bridgehead atoms. The van der Waals surface area contributed by atoms with Gasteiger partial charge in [0, 0.05) is 31.4 Å². The van der Waals surface area contributed by atoms with Crippen molar-refractivity contribution in [2.75, 3.05) is 13.1 Å². The second kappa shape index (κ2) is 8.83. The first-order valence-corrected chi connectivity index (χ1v) is 9.05. The molecule has 2 amide bonds. The predicted octanol–water partition coefficient (Wildman–Crippen LogP) is 2.20. The number of halogens is 1. The van der Waals surface area contributed by atoms with Gasteiger partial charge in [-0.1, -0.05) is 41.9 Å². The number of benzene rings is 1. The molecule has 2 atom stereocenters. The summed E-state index contributed by atoms with van der Waals surface area (Å²) in [5, 5.41) is 3.14. The van der Waals surface area contributed by atoms with Crippen LogP contribution in [0.2, 0.25) is 5.02 Å². The summed E-state index contributed by atoms with van der Waals surface area (Å²) in [4.78, 5) is 30.1. The summed E-state index contributed by atoms with van der Waals surface area (Å²) in [6.07, 6.45) is 1.62. The fourth-order valence-electron chi connectivity index (χ4n) is 2.93. The van der Waals surface area contributed by atoms with Crippen LogP contribution in [-0.2, 0) is 11.3 Å². The Bertz CT molecular complexity index is 803. The van der Waals surface area contributed by atoms with Crippen molar-refractivity contribution in [3.05, 3.63) is 64.9 Å². The van der Waals surface area contributed by atoms with E-state index in [-0.39, 0.29) is 29.3 Å². The number of nitrogens with zero attached hydrogens (tertiary/aromatic N) is 2. The summed E-state index contributed by atoms with van der Waals surface area (Å²) in [6, 6.07) is 12.1. The smallest absolute Gasteiger partial charge is 0.410 e. The predicted molar refractivity (Wildman–Crippen MR) is 101 cm³/mol. The molecule has 8 heteroatoms. The lowest BCUT2D eigenvalue weighted by Gasteiger charge is -2.36. The Labute approximate surface area is 162 Å². The summed E-state index contributed by atoms with van der Waals surface area (Å²) < 4.78 is 5.33. The minimum absolute atomic E-state index is 0.163. The molecule has 27 heavy (non-hydrogen) atoms. The average molecular weight is 389 g/mol. The maximum atomic E-state index is 12.3. The second-order valence-corrected chi connectivity index (χ2v) is 6.76. The van der Waals surface area contributed by atoms with Gasteiger partial charge in [0.15, 0.2) is 0 Å². The van der Waals surface area contributed by atoms with Crippen molar-refractivity contribution >= 4 is 23.6 Å². The van der Waals surface area contributed by atoms with E-state index in [0.29, 0.717) is 19.5 Å². The Morgan fingerprint density at radius 1 is 1.26 bits per heavy atom. The van der Waals surface area contributed by atoms with E-state index in [1.807, 2.05) is 30.3 Å². The zero-order valence-corrected chi connectivity index (χ0v) is 15.4. The summed E-state index contributed by atoms with van der Waals surface area (Å²) in [6.45, 7) is 0.959. The summed E-state index contributed by atoms with van der Waals surface area (Å²) in [5.41, 5.74) is 7.25. The molecule has 1 saturated heterocycles. The number of carbonyl (C=O) groups excluding carboxylic acids is 2. The quantitative estimate of drug-likeness (QED) is 0.836. The number of rotatable bonds is 4.